The number of methoxy groups -OCH3 is 1. The number of esters is 1. The molecule has 0 aliphatic carbocycles. The van der Waals surface area contributed by atoms with Crippen molar-refractivity contribution in [2.45, 2.75) is 24.6 Å². The van der Waals surface area contributed by atoms with Crippen LogP contribution < -0.4 is 9.62 Å². The van der Waals surface area contributed by atoms with Crippen molar-refractivity contribution in [2.24, 2.45) is 0 Å². The number of ether oxygens (including phenoxy) is 1. The Morgan fingerprint density at radius 3 is 2.41 bits per heavy atom. The van der Waals surface area contributed by atoms with Crippen LogP contribution >= 0.6 is 24.0 Å². The smallest absolute Gasteiger partial charge is 0.337 e. The van der Waals surface area contributed by atoms with Gasteiger partial charge >= 0.3 is 5.97 Å². The summed E-state index contributed by atoms with van der Waals surface area (Å²) in [5.41, 5.74) is 1.72. The first-order valence-corrected chi connectivity index (χ1v) is 10.9. The van der Waals surface area contributed by atoms with Crippen molar-refractivity contribution in [3.05, 3.63) is 64.7 Å². The van der Waals surface area contributed by atoms with Crippen LogP contribution in [0.15, 0.2) is 48.5 Å². The van der Waals surface area contributed by atoms with E-state index in [0.29, 0.717) is 42.2 Å². The number of nitrogens with one attached hydrogen (secondary N) is 1. The summed E-state index contributed by atoms with van der Waals surface area (Å²) in [5, 5.41) is 3.23. The number of piperidine rings is 1. The molecular formula is C20H24Cl2N2O4S. The average Bonchev–Trinajstić information content (AvgIpc) is 2.72. The summed E-state index contributed by atoms with van der Waals surface area (Å²) in [6.07, 6.45) is 1.14. The van der Waals surface area contributed by atoms with Gasteiger partial charge in [-0.3, -0.25) is 4.31 Å². The second-order valence-corrected chi connectivity index (χ2v) is 9.24. The number of halogens is 2. The molecule has 3 rings (SSSR count). The summed E-state index contributed by atoms with van der Waals surface area (Å²) in [6, 6.07) is 13.6. The van der Waals surface area contributed by atoms with E-state index in [2.05, 4.69) is 5.32 Å². The summed E-state index contributed by atoms with van der Waals surface area (Å²) in [5.74, 6) is -0.430. The molecule has 1 fully saturated rings. The number of carbonyl (C=O) groups excluding carboxylic acids is 1. The highest BCUT2D eigenvalue weighted by molar-refractivity contribution is 7.93. The van der Waals surface area contributed by atoms with Gasteiger partial charge in [0.25, 0.3) is 0 Å². The maximum Gasteiger partial charge on any atom is 0.337 e. The standard InChI is InChI=1S/C20H23ClN2O4S.ClH/c1-27-20(24)16-7-5-15(6-8-16)14-23(18-4-2-3-17(21)13-18)28(25,26)19-9-11-22-12-10-19;/h2-8,13,19,22H,9-12,14H2,1H3;1H. The Kier molecular flexibility index (Phi) is 8.34. The van der Waals surface area contributed by atoms with Crippen LogP contribution in [0.3, 0.4) is 0 Å². The minimum Gasteiger partial charge on any atom is -0.465 e. The van der Waals surface area contributed by atoms with Crippen LogP contribution in [0, 0.1) is 0 Å². The maximum atomic E-state index is 13.4. The number of nitrogens with zero attached hydrogens (tertiary/aromatic N) is 1. The zero-order chi connectivity index (χ0) is 20.1. The van der Waals surface area contributed by atoms with E-state index < -0.39 is 21.2 Å². The molecule has 0 saturated carbocycles. The molecule has 2 aromatic carbocycles. The van der Waals surface area contributed by atoms with Crippen LogP contribution in [0.1, 0.15) is 28.8 Å². The summed E-state index contributed by atoms with van der Waals surface area (Å²) in [4.78, 5) is 11.6. The highest BCUT2D eigenvalue weighted by Gasteiger charge is 2.33. The van der Waals surface area contributed by atoms with E-state index >= 15 is 0 Å². The Morgan fingerprint density at radius 1 is 1.17 bits per heavy atom. The molecule has 1 saturated heterocycles. The molecule has 1 aliphatic heterocycles. The highest BCUT2D eigenvalue weighted by atomic mass is 35.5. The molecule has 0 unspecified atom stereocenters. The fourth-order valence-corrected chi connectivity index (χ4v) is 5.37. The molecule has 6 nitrogen and oxygen atoms in total. The fraction of sp³-hybridized carbons (Fsp3) is 0.350. The molecule has 9 heteroatoms. The molecule has 0 bridgehead atoms. The van der Waals surface area contributed by atoms with Gasteiger partial charge in [-0.1, -0.05) is 29.8 Å². The van der Waals surface area contributed by atoms with Gasteiger partial charge in [-0.05, 0) is 61.8 Å². The molecule has 1 aliphatic rings. The first kappa shape index (κ1) is 23.5. The van der Waals surface area contributed by atoms with E-state index in [1.54, 1.807) is 48.5 Å². The van der Waals surface area contributed by atoms with Crippen molar-refractivity contribution in [1.29, 1.82) is 0 Å². The van der Waals surface area contributed by atoms with Gasteiger partial charge in [-0.25, -0.2) is 13.2 Å². The van der Waals surface area contributed by atoms with Crippen molar-refractivity contribution in [1.82, 2.24) is 5.32 Å². The molecule has 0 spiro atoms. The van der Waals surface area contributed by atoms with Gasteiger partial charge in [0.2, 0.25) is 10.0 Å². The van der Waals surface area contributed by atoms with Crippen molar-refractivity contribution in [2.75, 3.05) is 24.5 Å². The lowest BCUT2D eigenvalue weighted by Crippen LogP contribution is -2.43. The van der Waals surface area contributed by atoms with Gasteiger partial charge in [0.15, 0.2) is 0 Å². The Morgan fingerprint density at radius 2 is 1.83 bits per heavy atom. The number of carbonyl (C=O) groups is 1. The predicted molar refractivity (Wildman–Crippen MR) is 117 cm³/mol. The van der Waals surface area contributed by atoms with E-state index in [0.717, 1.165) is 5.56 Å². The van der Waals surface area contributed by atoms with Crippen LogP contribution in [0.25, 0.3) is 0 Å². The fourth-order valence-electron chi connectivity index (χ4n) is 3.26. The quantitative estimate of drug-likeness (QED) is 0.668. The molecule has 29 heavy (non-hydrogen) atoms. The summed E-state index contributed by atoms with van der Waals surface area (Å²) >= 11 is 6.12. The van der Waals surface area contributed by atoms with Crippen molar-refractivity contribution in [3.8, 4) is 0 Å². The molecule has 1 N–H and O–H groups in total. The van der Waals surface area contributed by atoms with E-state index in [1.807, 2.05) is 0 Å². The second kappa shape index (κ2) is 10.3. The Balaban J connectivity index is 0.00000300. The third-order valence-corrected chi connectivity index (χ3v) is 7.32. The summed E-state index contributed by atoms with van der Waals surface area (Å²) in [6.45, 7) is 1.52. The van der Waals surface area contributed by atoms with Gasteiger partial charge in [-0.2, -0.15) is 0 Å². The minimum atomic E-state index is -3.58. The molecular weight excluding hydrogens is 435 g/mol. The van der Waals surface area contributed by atoms with Gasteiger partial charge < -0.3 is 10.1 Å². The van der Waals surface area contributed by atoms with Crippen molar-refractivity contribution >= 4 is 45.7 Å². The number of benzene rings is 2. The van der Waals surface area contributed by atoms with E-state index in [4.69, 9.17) is 16.3 Å². The Hall–Kier alpha value is -1.80. The second-order valence-electron chi connectivity index (χ2n) is 6.67. The first-order valence-electron chi connectivity index (χ1n) is 9.07. The van der Waals surface area contributed by atoms with Crippen LogP contribution in [-0.4, -0.2) is 39.8 Å². The highest BCUT2D eigenvalue weighted by Crippen LogP contribution is 2.28. The third kappa shape index (κ3) is 5.63. The molecule has 1 heterocycles. The molecule has 0 atom stereocenters. The van der Waals surface area contributed by atoms with Gasteiger partial charge in [0, 0.05) is 5.02 Å². The van der Waals surface area contributed by atoms with E-state index in [-0.39, 0.29) is 19.0 Å². The average molecular weight is 459 g/mol. The molecule has 158 valence electrons. The van der Waals surface area contributed by atoms with E-state index in [9.17, 15) is 13.2 Å². The zero-order valence-electron chi connectivity index (χ0n) is 16.0. The zero-order valence-corrected chi connectivity index (χ0v) is 18.4. The topological polar surface area (TPSA) is 75.7 Å². The van der Waals surface area contributed by atoms with Crippen molar-refractivity contribution in [3.63, 3.8) is 0 Å². The Bertz CT molecular complexity index is 930. The number of anilines is 1. The summed E-state index contributed by atoms with van der Waals surface area (Å²) in [7, 11) is -2.26. The van der Waals surface area contributed by atoms with Crippen LogP contribution in [0.2, 0.25) is 5.02 Å². The van der Waals surface area contributed by atoms with E-state index in [1.165, 1.54) is 11.4 Å². The lowest BCUT2D eigenvalue weighted by molar-refractivity contribution is 0.0600. The molecule has 0 aromatic heterocycles. The van der Waals surface area contributed by atoms with Crippen LogP contribution in [0.5, 0.6) is 0 Å². The van der Waals surface area contributed by atoms with Crippen LogP contribution in [-0.2, 0) is 21.3 Å². The number of rotatable bonds is 6. The number of hydrogen-bond donors (Lipinski definition) is 1. The lowest BCUT2D eigenvalue weighted by atomic mass is 10.1. The number of hydrogen-bond acceptors (Lipinski definition) is 5. The minimum absolute atomic E-state index is 0. The predicted octanol–water partition coefficient (Wildman–Crippen LogP) is 3.64. The maximum absolute atomic E-state index is 13.4. The van der Waals surface area contributed by atoms with Crippen LogP contribution in [0.4, 0.5) is 5.69 Å². The molecule has 0 radical (unpaired) electrons. The summed E-state index contributed by atoms with van der Waals surface area (Å²) < 4.78 is 32.9. The largest absolute Gasteiger partial charge is 0.465 e. The first-order chi connectivity index (χ1) is 13.4. The molecule has 2 aromatic rings. The van der Waals surface area contributed by atoms with Crippen molar-refractivity contribution < 1.29 is 17.9 Å². The monoisotopic (exact) mass is 458 g/mol. The van der Waals surface area contributed by atoms with Gasteiger partial charge in [0.05, 0.1) is 30.2 Å². The molecule has 0 amide bonds. The lowest BCUT2D eigenvalue weighted by Gasteiger charge is -2.31. The normalized spacial score (nSPS) is 14.7. The SMILES string of the molecule is COC(=O)c1ccc(CN(c2cccc(Cl)c2)S(=O)(=O)C2CCNCC2)cc1.Cl. The third-order valence-electron chi connectivity index (χ3n) is 4.81. The van der Waals surface area contributed by atoms with Gasteiger partial charge in [0.1, 0.15) is 0 Å². The number of sulfonamides is 1. The Labute approximate surface area is 182 Å². The van der Waals surface area contributed by atoms with Gasteiger partial charge in [-0.15, -0.1) is 12.4 Å².